The summed E-state index contributed by atoms with van der Waals surface area (Å²) in [5.41, 5.74) is 6.99. The molecule has 0 fully saturated rings. The fourth-order valence-electron chi connectivity index (χ4n) is 1.42. The van der Waals surface area contributed by atoms with Crippen molar-refractivity contribution in [1.29, 1.82) is 0 Å². The van der Waals surface area contributed by atoms with E-state index in [1.165, 1.54) is 7.11 Å². The number of carbonyl (C=O) groups excluding carboxylic acids is 1. The number of carbonyl (C=O) groups is 1. The molecule has 0 unspecified atom stereocenters. The Morgan fingerprint density at radius 1 is 1.50 bits per heavy atom. The van der Waals surface area contributed by atoms with Gasteiger partial charge in [-0.2, -0.15) is 0 Å². The standard InChI is InChI=1S/C11H14BrNO3/c1-3-16-10(14)5-7-4-8(12)6-9(13)11(7)15-2/h4,6H,3,5,13H2,1-2H3. The third-order valence-corrected chi connectivity index (χ3v) is 2.46. The van der Waals surface area contributed by atoms with Gasteiger partial charge in [-0.1, -0.05) is 15.9 Å². The van der Waals surface area contributed by atoms with E-state index in [2.05, 4.69) is 15.9 Å². The van der Waals surface area contributed by atoms with Crippen molar-refractivity contribution in [2.45, 2.75) is 13.3 Å². The molecule has 0 heterocycles. The monoisotopic (exact) mass is 287 g/mol. The first-order valence-electron chi connectivity index (χ1n) is 4.86. The maximum absolute atomic E-state index is 11.4. The minimum absolute atomic E-state index is 0.153. The van der Waals surface area contributed by atoms with Gasteiger partial charge in [-0.05, 0) is 19.1 Å². The fraction of sp³-hybridized carbons (Fsp3) is 0.364. The molecule has 0 aromatic heterocycles. The molecule has 0 aliphatic heterocycles. The van der Waals surface area contributed by atoms with Crippen LogP contribution in [0, 0.1) is 0 Å². The normalized spacial score (nSPS) is 9.94. The molecule has 0 amide bonds. The number of halogens is 1. The van der Waals surface area contributed by atoms with Gasteiger partial charge < -0.3 is 15.2 Å². The van der Waals surface area contributed by atoms with Crippen LogP contribution < -0.4 is 10.5 Å². The Morgan fingerprint density at radius 3 is 2.75 bits per heavy atom. The Balaban J connectivity index is 2.97. The van der Waals surface area contributed by atoms with Gasteiger partial charge in [-0.3, -0.25) is 4.79 Å². The van der Waals surface area contributed by atoms with E-state index in [0.29, 0.717) is 23.6 Å². The molecule has 2 N–H and O–H groups in total. The number of esters is 1. The summed E-state index contributed by atoms with van der Waals surface area (Å²) in [6.07, 6.45) is 0.153. The quantitative estimate of drug-likeness (QED) is 0.681. The van der Waals surface area contributed by atoms with Crippen molar-refractivity contribution in [2.24, 2.45) is 0 Å². The van der Waals surface area contributed by atoms with E-state index in [4.69, 9.17) is 15.2 Å². The Kier molecular flexibility index (Phi) is 4.61. The lowest BCUT2D eigenvalue weighted by atomic mass is 10.1. The number of benzene rings is 1. The van der Waals surface area contributed by atoms with Crippen LogP contribution in [-0.2, 0) is 16.0 Å². The highest BCUT2D eigenvalue weighted by Gasteiger charge is 2.13. The number of methoxy groups -OCH3 is 1. The average Bonchev–Trinajstić information content (AvgIpc) is 2.17. The molecule has 4 nitrogen and oxygen atoms in total. The van der Waals surface area contributed by atoms with Gasteiger partial charge in [0.2, 0.25) is 0 Å². The van der Waals surface area contributed by atoms with Crippen LogP contribution in [0.15, 0.2) is 16.6 Å². The first-order chi connectivity index (χ1) is 7.58. The van der Waals surface area contributed by atoms with Gasteiger partial charge >= 0.3 is 5.97 Å². The molecule has 1 aromatic rings. The fourth-order valence-corrected chi connectivity index (χ4v) is 1.94. The predicted molar refractivity (Wildman–Crippen MR) is 65.4 cm³/mol. The maximum atomic E-state index is 11.4. The molecule has 16 heavy (non-hydrogen) atoms. The summed E-state index contributed by atoms with van der Waals surface area (Å²) < 4.78 is 10.8. The molecule has 88 valence electrons. The van der Waals surface area contributed by atoms with Gasteiger partial charge in [0.25, 0.3) is 0 Å². The molecule has 0 atom stereocenters. The molecular weight excluding hydrogens is 274 g/mol. The van der Waals surface area contributed by atoms with E-state index < -0.39 is 0 Å². The molecular formula is C11H14BrNO3. The molecule has 0 aliphatic rings. The first kappa shape index (κ1) is 12.8. The van der Waals surface area contributed by atoms with Gasteiger partial charge in [0.15, 0.2) is 0 Å². The topological polar surface area (TPSA) is 61.5 Å². The SMILES string of the molecule is CCOC(=O)Cc1cc(Br)cc(N)c1OC. The Bertz CT molecular complexity index is 393. The van der Waals surface area contributed by atoms with Crippen LogP contribution >= 0.6 is 15.9 Å². The summed E-state index contributed by atoms with van der Waals surface area (Å²) in [7, 11) is 1.52. The summed E-state index contributed by atoms with van der Waals surface area (Å²) in [4.78, 5) is 11.4. The van der Waals surface area contributed by atoms with Gasteiger partial charge in [0, 0.05) is 10.0 Å². The van der Waals surface area contributed by atoms with E-state index in [0.717, 1.165) is 4.47 Å². The highest BCUT2D eigenvalue weighted by atomic mass is 79.9. The van der Waals surface area contributed by atoms with Crippen LogP contribution in [0.25, 0.3) is 0 Å². The molecule has 0 bridgehead atoms. The highest BCUT2D eigenvalue weighted by molar-refractivity contribution is 9.10. The second-order valence-corrected chi connectivity index (χ2v) is 4.08. The van der Waals surface area contributed by atoms with Gasteiger partial charge in [-0.25, -0.2) is 0 Å². The minimum atomic E-state index is -0.293. The van der Waals surface area contributed by atoms with E-state index >= 15 is 0 Å². The summed E-state index contributed by atoms with van der Waals surface area (Å²) in [5, 5.41) is 0. The molecule has 5 heteroatoms. The van der Waals surface area contributed by atoms with Gasteiger partial charge in [0.05, 0.1) is 25.8 Å². The number of hydrogen-bond donors (Lipinski definition) is 1. The molecule has 0 aliphatic carbocycles. The lowest BCUT2D eigenvalue weighted by Crippen LogP contribution is -2.09. The van der Waals surface area contributed by atoms with Crippen LogP contribution in [0.5, 0.6) is 5.75 Å². The molecule has 0 spiro atoms. The van der Waals surface area contributed by atoms with Gasteiger partial charge in [0.1, 0.15) is 5.75 Å². The molecule has 0 radical (unpaired) electrons. The Morgan fingerprint density at radius 2 is 2.19 bits per heavy atom. The van der Waals surface area contributed by atoms with Crippen molar-refractivity contribution in [2.75, 3.05) is 19.5 Å². The zero-order chi connectivity index (χ0) is 12.1. The number of anilines is 1. The smallest absolute Gasteiger partial charge is 0.310 e. The Labute approximate surface area is 103 Å². The zero-order valence-electron chi connectivity index (χ0n) is 9.25. The number of nitrogen functional groups attached to an aromatic ring is 1. The number of nitrogens with two attached hydrogens (primary N) is 1. The van der Waals surface area contributed by atoms with E-state index in [-0.39, 0.29) is 12.4 Å². The van der Waals surface area contributed by atoms with Crippen LogP contribution in [0.4, 0.5) is 5.69 Å². The van der Waals surface area contributed by atoms with Crippen LogP contribution in [0.2, 0.25) is 0 Å². The van der Waals surface area contributed by atoms with Crippen LogP contribution in [0.1, 0.15) is 12.5 Å². The number of rotatable bonds is 4. The summed E-state index contributed by atoms with van der Waals surface area (Å²) in [6.45, 7) is 2.13. The first-order valence-corrected chi connectivity index (χ1v) is 5.65. The van der Waals surface area contributed by atoms with Crippen LogP contribution in [-0.4, -0.2) is 19.7 Å². The summed E-state index contributed by atoms with van der Waals surface area (Å²) in [6, 6.07) is 3.53. The van der Waals surface area contributed by atoms with Crippen molar-refractivity contribution in [3.05, 3.63) is 22.2 Å². The minimum Gasteiger partial charge on any atom is -0.494 e. The average molecular weight is 288 g/mol. The zero-order valence-corrected chi connectivity index (χ0v) is 10.8. The second kappa shape index (κ2) is 5.75. The van der Waals surface area contributed by atoms with E-state index in [1.807, 2.05) is 0 Å². The Hall–Kier alpha value is -1.23. The molecule has 1 rings (SSSR count). The lowest BCUT2D eigenvalue weighted by molar-refractivity contribution is -0.142. The van der Waals surface area contributed by atoms with Crippen molar-refractivity contribution >= 4 is 27.6 Å². The molecule has 0 saturated carbocycles. The van der Waals surface area contributed by atoms with Crippen LogP contribution in [0.3, 0.4) is 0 Å². The third-order valence-electron chi connectivity index (χ3n) is 2.00. The summed E-state index contributed by atoms with van der Waals surface area (Å²) >= 11 is 3.32. The number of hydrogen-bond acceptors (Lipinski definition) is 4. The van der Waals surface area contributed by atoms with E-state index in [1.54, 1.807) is 19.1 Å². The van der Waals surface area contributed by atoms with Crippen molar-refractivity contribution < 1.29 is 14.3 Å². The van der Waals surface area contributed by atoms with E-state index in [9.17, 15) is 4.79 Å². The van der Waals surface area contributed by atoms with Crippen molar-refractivity contribution in [1.82, 2.24) is 0 Å². The molecule has 1 aromatic carbocycles. The maximum Gasteiger partial charge on any atom is 0.310 e. The highest BCUT2D eigenvalue weighted by Crippen LogP contribution is 2.30. The predicted octanol–water partition coefficient (Wildman–Crippen LogP) is 2.15. The van der Waals surface area contributed by atoms with Crippen molar-refractivity contribution in [3.8, 4) is 5.75 Å². The largest absolute Gasteiger partial charge is 0.494 e. The third kappa shape index (κ3) is 3.13. The number of ether oxygens (including phenoxy) is 2. The second-order valence-electron chi connectivity index (χ2n) is 3.17. The molecule has 0 saturated heterocycles. The van der Waals surface area contributed by atoms with Crippen molar-refractivity contribution in [3.63, 3.8) is 0 Å². The summed E-state index contributed by atoms with van der Waals surface area (Å²) in [5.74, 6) is 0.231. The lowest BCUT2D eigenvalue weighted by Gasteiger charge is -2.11. The van der Waals surface area contributed by atoms with Gasteiger partial charge in [-0.15, -0.1) is 0 Å².